The van der Waals surface area contributed by atoms with Gasteiger partial charge in [-0.1, -0.05) is 0 Å². The van der Waals surface area contributed by atoms with E-state index in [0.717, 1.165) is 13.0 Å². The number of carbonyl (C=O) groups excluding carboxylic acids is 1. The van der Waals surface area contributed by atoms with Gasteiger partial charge in [0.1, 0.15) is 6.33 Å². The zero-order valence-corrected chi connectivity index (χ0v) is 11.1. The molecule has 2 aromatic heterocycles. The number of nitrogens with zero attached hydrogens (tertiary/aromatic N) is 4. The van der Waals surface area contributed by atoms with Gasteiger partial charge in [-0.05, 0) is 13.0 Å². The molecule has 8 nitrogen and oxygen atoms in total. The second kappa shape index (κ2) is 5.04. The van der Waals surface area contributed by atoms with Crippen LogP contribution in [0.1, 0.15) is 12.1 Å². The highest BCUT2D eigenvalue weighted by Gasteiger charge is 2.29. The summed E-state index contributed by atoms with van der Waals surface area (Å²) in [5.74, 6) is 0.0923. The summed E-state index contributed by atoms with van der Waals surface area (Å²) in [6, 6.07) is 1.48. The number of fused-ring (bicyclic) bond motifs is 1. The van der Waals surface area contributed by atoms with Crippen LogP contribution in [0.15, 0.2) is 17.2 Å². The van der Waals surface area contributed by atoms with E-state index >= 15 is 0 Å². The van der Waals surface area contributed by atoms with Gasteiger partial charge in [0.05, 0.1) is 18.7 Å². The van der Waals surface area contributed by atoms with Crippen LogP contribution in [0.4, 0.5) is 0 Å². The molecular formula is C12H15N5O3. The smallest absolute Gasteiger partial charge is 0.310 e. The van der Waals surface area contributed by atoms with Crippen molar-refractivity contribution in [1.29, 1.82) is 0 Å². The molecule has 8 heteroatoms. The quantitative estimate of drug-likeness (QED) is 0.754. The van der Waals surface area contributed by atoms with Crippen molar-refractivity contribution in [3.63, 3.8) is 0 Å². The van der Waals surface area contributed by atoms with E-state index in [4.69, 9.17) is 4.74 Å². The molecule has 20 heavy (non-hydrogen) atoms. The Labute approximate surface area is 114 Å². The van der Waals surface area contributed by atoms with Gasteiger partial charge in [0.15, 0.2) is 0 Å². The molecule has 1 aliphatic heterocycles. The maximum atomic E-state index is 11.8. The van der Waals surface area contributed by atoms with Crippen molar-refractivity contribution in [3.05, 3.63) is 28.4 Å². The summed E-state index contributed by atoms with van der Waals surface area (Å²) in [6.07, 6.45) is 2.20. The van der Waals surface area contributed by atoms with E-state index in [1.165, 1.54) is 24.0 Å². The Kier molecular flexibility index (Phi) is 3.23. The average molecular weight is 277 g/mol. The Bertz CT molecular complexity index is 692. The van der Waals surface area contributed by atoms with Crippen LogP contribution in [0.25, 0.3) is 5.78 Å². The molecule has 1 unspecified atom stereocenters. The third kappa shape index (κ3) is 2.29. The molecule has 1 fully saturated rings. The first-order chi connectivity index (χ1) is 9.67. The second-order valence-electron chi connectivity index (χ2n) is 4.85. The van der Waals surface area contributed by atoms with Crippen molar-refractivity contribution in [2.45, 2.75) is 13.0 Å². The van der Waals surface area contributed by atoms with Gasteiger partial charge >= 0.3 is 5.97 Å². The largest absolute Gasteiger partial charge is 0.469 e. The minimum Gasteiger partial charge on any atom is -0.469 e. The number of ether oxygens (including phenoxy) is 1. The van der Waals surface area contributed by atoms with E-state index < -0.39 is 0 Å². The monoisotopic (exact) mass is 277 g/mol. The van der Waals surface area contributed by atoms with Gasteiger partial charge in [0.25, 0.3) is 11.3 Å². The van der Waals surface area contributed by atoms with E-state index in [-0.39, 0.29) is 17.4 Å². The lowest BCUT2D eigenvalue weighted by Crippen LogP contribution is -2.25. The van der Waals surface area contributed by atoms with E-state index in [0.29, 0.717) is 24.6 Å². The summed E-state index contributed by atoms with van der Waals surface area (Å²) in [5, 5.41) is 2.69. The van der Waals surface area contributed by atoms with Gasteiger partial charge < -0.3 is 4.74 Å². The molecule has 0 saturated carbocycles. The van der Waals surface area contributed by atoms with Crippen LogP contribution in [0.3, 0.4) is 0 Å². The van der Waals surface area contributed by atoms with Crippen molar-refractivity contribution < 1.29 is 9.53 Å². The summed E-state index contributed by atoms with van der Waals surface area (Å²) in [5.41, 5.74) is 0.471. The summed E-state index contributed by atoms with van der Waals surface area (Å²) in [6.45, 7) is 1.96. The summed E-state index contributed by atoms with van der Waals surface area (Å²) in [4.78, 5) is 33.7. The number of esters is 1. The van der Waals surface area contributed by atoms with Gasteiger partial charge in [-0.25, -0.2) is 9.97 Å². The minimum absolute atomic E-state index is 0.0878. The van der Waals surface area contributed by atoms with Gasteiger partial charge in [0, 0.05) is 19.2 Å². The molecule has 0 aromatic carbocycles. The number of methoxy groups -OCH3 is 1. The predicted octanol–water partition coefficient (Wildman–Crippen LogP) is -0.587. The normalized spacial score (nSPS) is 19.6. The number of carbonyl (C=O) groups is 1. The highest BCUT2D eigenvalue weighted by Crippen LogP contribution is 2.18. The van der Waals surface area contributed by atoms with Crippen molar-refractivity contribution >= 4 is 11.7 Å². The molecule has 3 rings (SSSR count). The lowest BCUT2D eigenvalue weighted by atomic mass is 10.1. The number of H-pyrrole nitrogens is 1. The number of hydrogen-bond donors (Lipinski definition) is 1. The molecular weight excluding hydrogens is 262 g/mol. The van der Waals surface area contributed by atoms with Crippen LogP contribution >= 0.6 is 0 Å². The molecule has 0 spiro atoms. The second-order valence-corrected chi connectivity index (χ2v) is 4.85. The van der Waals surface area contributed by atoms with E-state index in [1.807, 2.05) is 0 Å². The molecule has 0 aliphatic carbocycles. The minimum atomic E-state index is -0.189. The van der Waals surface area contributed by atoms with E-state index in [9.17, 15) is 9.59 Å². The SMILES string of the molecule is COC(=O)C1CCN(Cc2cc(=O)n3[nH]cnc3n2)C1. The van der Waals surface area contributed by atoms with Gasteiger partial charge in [-0.15, -0.1) is 0 Å². The first-order valence-electron chi connectivity index (χ1n) is 6.39. The fourth-order valence-electron chi connectivity index (χ4n) is 2.51. The number of hydrogen-bond acceptors (Lipinski definition) is 6. The Hall–Kier alpha value is -2.22. The summed E-state index contributed by atoms with van der Waals surface area (Å²) >= 11 is 0. The first kappa shape index (κ1) is 12.8. The molecule has 106 valence electrons. The molecule has 1 N–H and O–H groups in total. The molecule has 3 heterocycles. The lowest BCUT2D eigenvalue weighted by Gasteiger charge is -2.14. The molecule has 1 aliphatic rings. The van der Waals surface area contributed by atoms with Gasteiger partial charge in [-0.2, -0.15) is 4.52 Å². The van der Waals surface area contributed by atoms with Crippen molar-refractivity contribution in [2.24, 2.45) is 5.92 Å². The topological polar surface area (TPSA) is 92.6 Å². The third-order valence-corrected chi connectivity index (χ3v) is 3.51. The van der Waals surface area contributed by atoms with Gasteiger partial charge in [0.2, 0.25) is 0 Å². The van der Waals surface area contributed by atoms with Crippen LogP contribution in [0, 0.1) is 5.92 Å². The Morgan fingerprint density at radius 2 is 2.45 bits per heavy atom. The molecule has 0 bridgehead atoms. The molecule has 2 aromatic rings. The first-order valence-corrected chi connectivity index (χ1v) is 6.39. The van der Waals surface area contributed by atoms with Crippen molar-refractivity contribution in [2.75, 3.05) is 20.2 Å². The Morgan fingerprint density at radius 1 is 1.60 bits per heavy atom. The maximum absolute atomic E-state index is 11.8. The standard InChI is InChI=1S/C12H15N5O3/c1-20-11(19)8-2-3-16(5-8)6-9-4-10(18)17-12(15-9)13-7-14-17/h4,7-8H,2-3,5-6H2,1H3,(H,13,14,15). The molecule has 1 saturated heterocycles. The summed E-state index contributed by atoms with van der Waals surface area (Å²) in [7, 11) is 1.40. The molecule has 1 atom stereocenters. The van der Waals surface area contributed by atoms with Crippen LogP contribution in [-0.4, -0.2) is 50.7 Å². The number of rotatable bonds is 3. The lowest BCUT2D eigenvalue weighted by molar-refractivity contribution is -0.144. The zero-order chi connectivity index (χ0) is 14.1. The van der Waals surface area contributed by atoms with Crippen LogP contribution in [-0.2, 0) is 16.1 Å². The third-order valence-electron chi connectivity index (χ3n) is 3.51. The van der Waals surface area contributed by atoms with E-state index in [1.54, 1.807) is 0 Å². The van der Waals surface area contributed by atoms with Gasteiger partial charge in [-0.3, -0.25) is 19.6 Å². The average Bonchev–Trinajstić information content (AvgIpc) is 3.07. The number of nitrogens with one attached hydrogen (secondary N) is 1. The number of aromatic amines is 1. The highest BCUT2D eigenvalue weighted by atomic mass is 16.5. The van der Waals surface area contributed by atoms with Crippen molar-refractivity contribution in [1.82, 2.24) is 24.5 Å². The Balaban J connectivity index is 1.74. The molecule has 0 amide bonds. The highest BCUT2D eigenvalue weighted by molar-refractivity contribution is 5.72. The van der Waals surface area contributed by atoms with Crippen LogP contribution < -0.4 is 5.56 Å². The number of aromatic nitrogens is 4. The fourth-order valence-corrected chi connectivity index (χ4v) is 2.51. The zero-order valence-electron chi connectivity index (χ0n) is 11.1. The molecule has 0 radical (unpaired) electrons. The Morgan fingerprint density at radius 3 is 3.25 bits per heavy atom. The maximum Gasteiger partial charge on any atom is 0.310 e. The number of likely N-dealkylation sites (tertiary alicyclic amines) is 1. The summed E-state index contributed by atoms with van der Waals surface area (Å²) < 4.78 is 6.03. The fraction of sp³-hybridized carbons (Fsp3) is 0.500. The van der Waals surface area contributed by atoms with E-state index in [2.05, 4.69) is 20.0 Å². The predicted molar refractivity (Wildman–Crippen MR) is 69.0 cm³/mol. The van der Waals surface area contributed by atoms with Crippen LogP contribution in [0.5, 0.6) is 0 Å². The van der Waals surface area contributed by atoms with Crippen molar-refractivity contribution in [3.8, 4) is 0 Å². The van der Waals surface area contributed by atoms with Crippen LogP contribution in [0.2, 0.25) is 0 Å².